The molecule has 0 radical (unpaired) electrons. The monoisotopic (exact) mass is 292 g/mol. The summed E-state index contributed by atoms with van der Waals surface area (Å²) in [7, 11) is 0. The van der Waals surface area contributed by atoms with E-state index in [1.54, 1.807) is 6.08 Å². The van der Waals surface area contributed by atoms with Crippen molar-refractivity contribution >= 4 is 0 Å². The molecule has 1 rings (SSSR count). The number of allylic oxidation sites excluding steroid dienone is 3. The van der Waals surface area contributed by atoms with Gasteiger partial charge in [0.2, 0.25) is 0 Å². The normalized spacial score (nSPS) is 14.3. The van der Waals surface area contributed by atoms with Gasteiger partial charge in [0.15, 0.2) is 5.41 Å². The summed E-state index contributed by atoms with van der Waals surface area (Å²) in [6, 6.07) is 14.4. The second-order valence-electron chi connectivity index (χ2n) is 6.00. The van der Waals surface area contributed by atoms with Gasteiger partial charge in [0, 0.05) is 11.8 Å². The van der Waals surface area contributed by atoms with Gasteiger partial charge in [-0.1, -0.05) is 69.3 Å². The van der Waals surface area contributed by atoms with Crippen LogP contribution in [0.4, 0.5) is 0 Å². The van der Waals surface area contributed by atoms with E-state index in [0.29, 0.717) is 12.3 Å². The summed E-state index contributed by atoms with van der Waals surface area (Å²) >= 11 is 0. The van der Waals surface area contributed by atoms with Crippen molar-refractivity contribution in [2.75, 3.05) is 0 Å². The van der Waals surface area contributed by atoms with Gasteiger partial charge in [-0.3, -0.25) is 0 Å². The van der Waals surface area contributed by atoms with E-state index in [2.05, 4.69) is 38.6 Å². The first-order valence-electron chi connectivity index (χ1n) is 7.68. The van der Waals surface area contributed by atoms with Crippen LogP contribution in [0.15, 0.2) is 55.1 Å². The Kier molecular flexibility index (Phi) is 6.61. The zero-order chi connectivity index (χ0) is 16.6. The van der Waals surface area contributed by atoms with Gasteiger partial charge in [-0.25, -0.2) is 0 Å². The van der Waals surface area contributed by atoms with Gasteiger partial charge in [-0.05, 0) is 17.9 Å². The highest BCUT2D eigenvalue weighted by Crippen LogP contribution is 2.44. The largest absolute Gasteiger partial charge is 0.197 e. The molecule has 0 aliphatic heterocycles. The van der Waals surface area contributed by atoms with Crippen molar-refractivity contribution in [2.45, 2.75) is 33.1 Å². The van der Waals surface area contributed by atoms with Crippen molar-refractivity contribution < 1.29 is 0 Å². The maximum Gasteiger partial charge on any atom is 0.156 e. The predicted octanol–water partition coefficient (Wildman–Crippen LogP) is 5.23. The second-order valence-corrected chi connectivity index (χ2v) is 6.00. The van der Waals surface area contributed by atoms with Crippen LogP contribution in [0.2, 0.25) is 0 Å². The van der Waals surface area contributed by atoms with Crippen molar-refractivity contribution in [1.29, 1.82) is 10.5 Å². The number of hydrogen-bond acceptors (Lipinski definition) is 2. The lowest BCUT2D eigenvalue weighted by molar-refractivity contribution is 0.327. The van der Waals surface area contributed by atoms with Gasteiger partial charge in [-0.15, -0.1) is 6.58 Å². The summed E-state index contributed by atoms with van der Waals surface area (Å²) in [4.78, 5) is 0. The van der Waals surface area contributed by atoms with Crippen LogP contribution in [0.1, 0.15) is 38.7 Å². The third kappa shape index (κ3) is 3.86. The third-order valence-electron chi connectivity index (χ3n) is 4.03. The molecule has 0 bridgehead atoms. The van der Waals surface area contributed by atoms with Crippen LogP contribution in [-0.4, -0.2) is 0 Å². The first kappa shape index (κ1) is 17.7. The second kappa shape index (κ2) is 8.20. The molecular formula is C20H24N2. The van der Waals surface area contributed by atoms with E-state index in [1.807, 2.05) is 43.3 Å². The molecule has 1 aromatic carbocycles. The Morgan fingerprint density at radius 3 is 2.14 bits per heavy atom. The Bertz CT molecular complexity index is 570. The Morgan fingerprint density at radius 1 is 1.09 bits per heavy atom. The van der Waals surface area contributed by atoms with Gasteiger partial charge >= 0.3 is 0 Å². The highest BCUT2D eigenvalue weighted by molar-refractivity contribution is 5.33. The van der Waals surface area contributed by atoms with E-state index in [1.165, 1.54) is 0 Å². The molecule has 0 amide bonds. The third-order valence-corrected chi connectivity index (χ3v) is 4.03. The van der Waals surface area contributed by atoms with Crippen molar-refractivity contribution in [2.24, 2.45) is 17.3 Å². The van der Waals surface area contributed by atoms with Crippen molar-refractivity contribution in [3.8, 4) is 12.1 Å². The molecule has 114 valence electrons. The Balaban J connectivity index is 3.33. The molecule has 2 atom stereocenters. The molecule has 0 saturated heterocycles. The van der Waals surface area contributed by atoms with Crippen LogP contribution in [0.25, 0.3) is 0 Å². The Hall–Kier alpha value is -2.32. The molecule has 0 saturated carbocycles. The lowest BCUT2D eigenvalue weighted by Crippen LogP contribution is -2.32. The Morgan fingerprint density at radius 2 is 1.68 bits per heavy atom. The number of nitriles is 2. The predicted molar refractivity (Wildman–Crippen MR) is 90.8 cm³/mol. The molecule has 22 heavy (non-hydrogen) atoms. The molecular weight excluding hydrogens is 268 g/mol. The summed E-state index contributed by atoms with van der Waals surface area (Å²) in [5.41, 5.74) is -0.0868. The van der Waals surface area contributed by atoms with E-state index < -0.39 is 5.41 Å². The summed E-state index contributed by atoms with van der Waals surface area (Å²) in [5, 5.41) is 19.7. The van der Waals surface area contributed by atoms with Crippen molar-refractivity contribution in [3.63, 3.8) is 0 Å². The minimum Gasteiger partial charge on any atom is -0.197 e. The average Bonchev–Trinajstić information content (AvgIpc) is 2.54. The molecule has 0 spiro atoms. The van der Waals surface area contributed by atoms with E-state index in [4.69, 9.17) is 0 Å². The maximum absolute atomic E-state index is 9.83. The average molecular weight is 292 g/mol. The lowest BCUT2D eigenvalue weighted by Gasteiger charge is -2.32. The molecule has 0 fully saturated rings. The van der Waals surface area contributed by atoms with E-state index >= 15 is 0 Å². The maximum atomic E-state index is 9.83. The number of hydrogen-bond donors (Lipinski definition) is 0. The SMILES string of the molecule is C=CCC(c1ccccc1)C(C#N)(C#N)C(C)/C=C/C(C)C. The fraction of sp³-hybridized carbons (Fsp3) is 0.400. The molecule has 1 aromatic rings. The van der Waals surface area contributed by atoms with Crippen molar-refractivity contribution in [1.82, 2.24) is 0 Å². The summed E-state index contributed by atoms with van der Waals surface area (Å²) in [5.74, 6) is 0.0511. The van der Waals surface area contributed by atoms with Crippen LogP contribution in [0.5, 0.6) is 0 Å². The minimum atomic E-state index is -1.10. The van der Waals surface area contributed by atoms with Crippen LogP contribution >= 0.6 is 0 Å². The number of rotatable bonds is 7. The van der Waals surface area contributed by atoms with Crippen molar-refractivity contribution in [3.05, 3.63) is 60.7 Å². The van der Waals surface area contributed by atoms with Crippen LogP contribution in [0, 0.1) is 39.9 Å². The molecule has 0 aliphatic carbocycles. The first-order chi connectivity index (χ1) is 10.5. The number of nitrogens with zero attached hydrogens (tertiary/aromatic N) is 2. The van der Waals surface area contributed by atoms with Crippen LogP contribution in [0.3, 0.4) is 0 Å². The first-order valence-corrected chi connectivity index (χ1v) is 7.68. The van der Waals surface area contributed by atoms with Gasteiger partial charge < -0.3 is 0 Å². The molecule has 2 nitrogen and oxygen atoms in total. The molecule has 2 unspecified atom stereocenters. The Labute approximate surface area is 134 Å². The van der Waals surface area contributed by atoms with Gasteiger partial charge in [0.05, 0.1) is 12.1 Å². The van der Waals surface area contributed by atoms with Crippen LogP contribution in [-0.2, 0) is 0 Å². The molecule has 0 aliphatic rings. The minimum absolute atomic E-state index is 0.157. The highest BCUT2D eigenvalue weighted by atomic mass is 14.5. The highest BCUT2D eigenvalue weighted by Gasteiger charge is 2.43. The standard InChI is InChI=1S/C20H24N2/c1-5-9-19(18-10-7-6-8-11-18)20(14-21,15-22)17(4)13-12-16(2)3/h5-8,10-13,16-17,19H,1,9H2,2-4H3/b13-12+. The topological polar surface area (TPSA) is 47.6 Å². The fourth-order valence-corrected chi connectivity index (χ4v) is 2.68. The smallest absolute Gasteiger partial charge is 0.156 e. The van der Waals surface area contributed by atoms with Gasteiger partial charge in [0.25, 0.3) is 0 Å². The summed E-state index contributed by atoms with van der Waals surface area (Å²) in [6.07, 6.45) is 6.45. The fourth-order valence-electron chi connectivity index (χ4n) is 2.68. The van der Waals surface area contributed by atoms with Gasteiger partial charge in [0.1, 0.15) is 0 Å². The summed E-state index contributed by atoms with van der Waals surface area (Å²) in [6.45, 7) is 9.92. The van der Waals surface area contributed by atoms with E-state index in [0.717, 1.165) is 5.56 Å². The molecule has 0 aromatic heterocycles. The number of benzene rings is 1. The molecule has 0 N–H and O–H groups in total. The lowest BCUT2D eigenvalue weighted by atomic mass is 9.65. The van der Waals surface area contributed by atoms with E-state index in [-0.39, 0.29) is 11.8 Å². The quantitative estimate of drug-likeness (QED) is 0.646. The molecule has 2 heteroatoms. The van der Waals surface area contributed by atoms with Crippen LogP contribution < -0.4 is 0 Å². The van der Waals surface area contributed by atoms with Gasteiger partial charge in [-0.2, -0.15) is 10.5 Å². The van der Waals surface area contributed by atoms with E-state index in [9.17, 15) is 10.5 Å². The zero-order valence-electron chi connectivity index (χ0n) is 13.7. The zero-order valence-corrected chi connectivity index (χ0v) is 13.7. The summed E-state index contributed by atoms with van der Waals surface area (Å²) < 4.78 is 0. The molecule has 0 heterocycles.